The molecule has 2 atom stereocenters. The highest BCUT2D eigenvalue weighted by molar-refractivity contribution is 5.92. The van der Waals surface area contributed by atoms with Crippen molar-refractivity contribution in [1.29, 1.82) is 0 Å². The van der Waals surface area contributed by atoms with Crippen molar-refractivity contribution >= 4 is 30.1 Å². The molecule has 45 heavy (non-hydrogen) atoms. The van der Waals surface area contributed by atoms with Gasteiger partial charge in [-0.1, -0.05) is 72.8 Å². The second-order valence-electron chi connectivity index (χ2n) is 12.1. The lowest BCUT2D eigenvalue weighted by Crippen LogP contribution is -2.46. The summed E-state index contributed by atoms with van der Waals surface area (Å²) in [6, 6.07) is 28.9. The van der Waals surface area contributed by atoms with E-state index >= 15 is 0 Å². The molecule has 0 aromatic heterocycles. The minimum absolute atomic E-state index is 0.00294. The standard InChI is InChI=1S/C37H43N5O3/c1-27-35(38-25-43)34(30-15-17-33(18-16-30)40-29(3)45)36(28(2)39-27)42(26-44)22-10-21-41-23-19-37(20-24-41,31-11-6-4-7-12-31)32-13-8-5-9-14-32/h4-9,11-18,25-26,34-35H,10,19-24H2,1-3H3,(H,38,43)(H,40,45). The summed E-state index contributed by atoms with van der Waals surface area (Å²) < 4.78 is 0. The van der Waals surface area contributed by atoms with Gasteiger partial charge in [0, 0.05) is 30.3 Å². The van der Waals surface area contributed by atoms with Crippen molar-refractivity contribution in [2.45, 2.75) is 57.4 Å². The molecule has 2 unspecified atom stereocenters. The number of likely N-dealkylation sites (tertiary alicyclic amines) is 1. The fraction of sp³-hybridized carbons (Fsp3) is 0.351. The SMILES string of the molecule is CC(=O)Nc1ccc(C2C(N(C=O)CCCN3CCC(c4ccccc4)(c4ccccc4)CC3)=C(C)N=C(C)C2NC=O)cc1. The lowest BCUT2D eigenvalue weighted by Gasteiger charge is -2.43. The van der Waals surface area contributed by atoms with Gasteiger partial charge in [0.1, 0.15) is 0 Å². The van der Waals surface area contributed by atoms with Crippen LogP contribution in [0.1, 0.15) is 62.6 Å². The van der Waals surface area contributed by atoms with Crippen molar-refractivity contribution < 1.29 is 14.4 Å². The van der Waals surface area contributed by atoms with Gasteiger partial charge in [-0.3, -0.25) is 19.4 Å². The summed E-state index contributed by atoms with van der Waals surface area (Å²) in [5.74, 6) is -0.455. The zero-order chi connectivity index (χ0) is 31.8. The Labute approximate surface area is 266 Å². The summed E-state index contributed by atoms with van der Waals surface area (Å²) in [6.07, 6.45) is 4.45. The highest BCUT2D eigenvalue weighted by Gasteiger charge is 2.38. The Balaban J connectivity index is 1.30. The summed E-state index contributed by atoms with van der Waals surface area (Å²) in [4.78, 5) is 44.8. The van der Waals surface area contributed by atoms with Gasteiger partial charge in [0.05, 0.1) is 23.4 Å². The predicted molar refractivity (Wildman–Crippen MR) is 179 cm³/mol. The zero-order valence-electron chi connectivity index (χ0n) is 26.4. The number of aliphatic imine (C=N–C) groups is 1. The van der Waals surface area contributed by atoms with E-state index in [4.69, 9.17) is 4.99 Å². The summed E-state index contributed by atoms with van der Waals surface area (Å²) in [6.45, 7) is 8.66. The molecule has 0 bridgehead atoms. The molecule has 1 fully saturated rings. The third kappa shape index (κ3) is 7.07. The number of nitrogens with one attached hydrogen (secondary N) is 2. The van der Waals surface area contributed by atoms with Gasteiger partial charge in [0.25, 0.3) is 0 Å². The molecule has 2 aliphatic heterocycles. The van der Waals surface area contributed by atoms with Crippen molar-refractivity contribution in [2.75, 3.05) is 31.5 Å². The second-order valence-corrected chi connectivity index (χ2v) is 12.1. The number of benzene rings is 3. The zero-order valence-corrected chi connectivity index (χ0v) is 26.4. The number of carbonyl (C=O) groups excluding carboxylic acids is 3. The first-order valence-electron chi connectivity index (χ1n) is 15.7. The van der Waals surface area contributed by atoms with Gasteiger partial charge in [-0.2, -0.15) is 0 Å². The maximum Gasteiger partial charge on any atom is 0.221 e. The van der Waals surface area contributed by atoms with Gasteiger partial charge >= 0.3 is 0 Å². The van der Waals surface area contributed by atoms with E-state index in [1.54, 1.807) is 4.90 Å². The second kappa shape index (κ2) is 14.5. The summed E-state index contributed by atoms with van der Waals surface area (Å²) in [7, 11) is 0. The van der Waals surface area contributed by atoms with Crippen LogP contribution in [0, 0.1) is 0 Å². The van der Waals surface area contributed by atoms with Crippen LogP contribution in [0.15, 0.2) is 101 Å². The lowest BCUT2D eigenvalue weighted by atomic mass is 9.68. The third-order valence-electron chi connectivity index (χ3n) is 9.30. The topological polar surface area (TPSA) is 94.1 Å². The van der Waals surface area contributed by atoms with Crippen LogP contribution in [0.5, 0.6) is 0 Å². The molecule has 2 aliphatic rings. The van der Waals surface area contributed by atoms with Crippen LogP contribution in [0.2, 0.25) is 0 Å². The van der Waals surface area contributed by atoms with Crippen molar-refractivity contribution in [3.05, 3.63) is 113 Å². The number of hydrogen-bond acceptors (Lipinski definition) is 5. The van der Waals surface area contributed by atoms with Gasteiger partial charge in [0.15, 0.2) is 0 Å². The Morgan fingerprint density at radius 1 is 0.933 bits per heavy atom. The number of allylic oxidation sites excluding steroid dienone is 1. The molecular formula is C37H43N5O3. The van der Waals surface area contributed by atoms with E-state index in [1.807, 2.05) is 38.1 Å². The number of nitrogens with zero attached hydrogens (tertiary/aromatic N) is 3. The molecule has 8 heteroatoms. The predicted octanol–water partition coefficient (Wildman–Crippen LogP) is 5.48. The van der Waals surface area contributed by atoms with Crippen molar-refractivity contribution in [2.24, 2.45) is 4.99 Å². The van der Waals surface area contributed by atoms with Gasteiger partial charge in [0.2, 0.25) is 18.7 Å². The monoisotopic (exact) mass is 605 g/mol. The smallest absolute Gasteiger partial charge is 0.221 e. The molecule has 0 saturated carbocycles. The average Bonchev–Trinajstić information content (AvgIpc) is 3.06. The van der Waals surface area contributed by atoms with Gasteiger partial charge < -0.3 is 20.4 Å². The Morgan fingerprint density at radius 3 is 2.07 bits per heavy atom. The maximum atomic E-state index is 12.6. The van der Waals surface area contributed by atoms with Crippen LogP contribution >= 0.6 is 0 Å². The summed E-state index contributed by atoms with van der Waals surface area (Å²) in [5.41, 5.74) is 6.66. The number of amides is 3. The number of carbonyl (C=O) groups is 3. The highest BCUT2D eigenvalue weighted by Crippen LogP contribution is 2.42. The minimum atomic E-state index is -0.401. The number of anilines is 1. The Bertz CT molecular complexity index is 1490. The van der Waals surface area contributed by atoms with E-state index in [0.29, 0.717) is 18.6 Å². The van der Waals surface area contributed by atoms with Gasteiger partial charge in [-0.15, -0.1) is 0 Å². The molecule has 234 valence electrons. The molecule has 3 amide bonds. The lowest BCUT2D eigenvalue weighted by molar-refractivity contribution is -0.117. The van der Waals surface area contributed by atoms with E-state index in [2.05, 4.69) is 76.2 Å². The first-order valence-corrected chi connectivity index (χ1v) is 15.7. The Hall–Kier alpha value is -4.56. The minimum Gasteiger partial charge on any atom is -0.350 e. The Morgan fingerprint density at radius 2 is 1.53 bits per heavy atom. The quantitative estimate of drug-likeness (QED) is 0.268. The average molecular weight is 606 g/mol. The molecule has 8 nitrogen and oxygen atoms in total. The van der Waals surface area contributed by atoms with Crippen LogP contribution < -0.4 is 10.6 Å². The van der Waals surface area contributed by atoms with E-state index in [1.165, 1.54) is 18.1 Å². The van der Waals surface area contributed by atoms with Crippen molar-refractivity contribution in [3.8, 4) is 0 Å². The molecule has 2 N–H and O–H groups in total. The van der Waals surface area contributed by atoms with Crippen LogP contribution in [0.3, 0.4) is 0 Å². The van der Waals surface area contributed by atoms with Crippen LogP contribution in [0.25, 0.3) is 0 Å². The molecule has 0 spiro atoms. The third-order valence-corrected chi connectivity index (χ3v) is 9.30. The van der Waals surface area contributed by atoms with E-state index in [-0.39, 0.29) is 17.2 Å². The first kappa shape index (κ1) is 31.9. The molecule has 1 saturated heterocycles. The number of piperidine rings is 1. The number of rotatable bonds is 12. The van der Waals surface area contributed by atoms with E-state index < -0.39 is 6.04 Å². The molecule has 3 aromatic rings. The van der Waals surface area contributed by atoms with Crippen LogP contribution in [0.4, 0.5) is 5.69 Å². The normalized spacial score (nSPS) is 19.8. The largest absolute Gasteiger partial charge is 0.350 e. The van der Waals surface area contributed by atoms with Gasteiger partial charge in [-0.05, 0) is 81.6 Å². The molecule has 5 rings (SSSR count). The summed E-state index contributed by atoms with van der Waals surface area (Å²) in [5, 5.41) is 5.73. The van der Waals surface area contributed by atoms with Crippen molar-refractivity contribution in [3.63, 3.8) is 0 Å². The van der Waals surface area contributed by atoms with E-state index in [0.717, 1.165) is 68.0 Å². The van der Waals surface area contributed by atoms with Crippen LogP contribution in [-0.4, -0.2) is 66.5 Å². The fourth-order valence-corrected chi connectivity index (χ4v) is 7.13. The van der Waals surface area contributed by atoms with Crippen LogP contribution in [-0.2, 0) is 19.8 Å². The number of hydrogen-bond donors (Lipinski definition) is 2. The molecule has 0 radical (unpaired) electrons. The molecule has 2 heterocycles. The molecule has 0 aliphatic carbocycles. The van der Waals surface area contributed by atoms with Crippen molar-refractivity contribution in [1.82, 2.24) is 15.1 Å². The molecule has 3 aromatic carbocycles. The fourth-order valence-electron chi connectivity index (χ4n) is 7.13. The summed E-state index contributed by atoms with van der Waals surface area (Å²) >= 11 is 0. The van der Waals surface area contributed by atoms with E-state index in [9.17, 15) is 14.4 Å². The first-order chi connectivity index (χ1) is 21.9. The Kier molecular flexibility index (Phi) is 10.2. The molecular weight excluding hydrogens is 562 g/mol. The highest BCUT2D eigenvalue weighted by atomic mass is 16.1. The van der Waals surface area contributed by atoms with Gasteiger partial charge in [-0.25, -0.2) is 0 Å². The maximum absolute atomic E-state index is 12.6.